The van der Waals surface area contributed by atoms with Gasteiger partial charge in [0.2, 0.25) is 0 Å². The summed E-state index contributed by atoms with van der Waals surface area (Å²) in [4.78, 5) is 4.85. The molecule has 0 radical (unpaired) electrons. The number of benzene rings is 2. The van der Waals surface area contributed by atoms with Crippen LogP contribution in [0.4, 0.5) is 0 Å². The summed E-state index contributed by atoms with van der Waals surface area (Å²) >= 11 is 0. The van der Waals surface area contributed by atoms with E-state index in [0.717, 1.165) is 43.4 Å². The Bertz CT molecular complexity index is 1670. The maximum atomic E-state index is 12.3. The van der Waals surface area contributed by atoms with Crippen molar-refractivity contribution >= 4 is 15.9 Å². The maximum Gasteiger partial charge on any atom is 0.175 e. The average Bonchev–Trinajstić information content (AvgIpc) is 3.34. The van der Waals surface area contributed by atoms with E-state index >= 15 is 0 Å². The van der Waals surface area contributed by atoms with Crippen LogP contribution in [0.25, 0.3) is 17.2 Å². The first-order valence-corrected chi connectivity index (χ1v) is 16.1. The van der Waals surface area contributed by atoms with Crippen LogP contribution in [0.1, 0.15) is 65.1 Å². The Labute approximate surface area is 238 Å². The molecular formula is C35H36N2O2S. The van der Waals surface area contributed by atoms with E-state index in [1.54, 1.807) is 6.07 Å². The Morgan fingerprint density at radius 2 is 1.85 bits per heavy atom. The summed E-state index contributed by atoms with van der Waals surface area (Å²) in [5.41, 5.74) is 12.8. The lowest BCUT2D eigenvalue weighted by Gasteiger charge is -2.31. The predicted octanol–water partition coefficient (Wildman–Crippen LogP) is 7.40. The third-order valence-electron chi connectivity index (χ3n) is 8.46. The van der Waals surface area contributed by atoms with Crippen molar-refractivity contribution in [1.82, 2.24) is 10.3 Å². The van der Waals surface area contributed by atoms with Crippen LogP contribution in [0.5, 0.6) is 0 Å². The summed E-state index contributed by atoms with van der Waals surface area (Å²) < 4.78 is 24.5. The lowest BCUT2D eigenvalue weighted by Crippen LogP contribution is -2.16. The fraction of sp³-hybridized carbons (Fsp3) is 0.286. The molecule has 3 aromatic rings. The van der Waals surface area contributed by atoms with Gasteiger partial charge in [0.25, 0.3) is 0 Å². The summed E-state index contributed by atoms with van der Waals surface area (Å²) in [5.74, 6) is 0.370. The molecule has 0 saturated carbocycles. The summed E-state index contributed by atoms with van der Waals surface area (Å²) in [6.07, 6.45) is 23.7. The number of rotatable bonds is 4. The largest absolute Gasteiger partial charge is 0.365 e. The second-order valence-electron chi connectivity index (χ2n) is 11.3. The molecule has 1 atom stereocenters. The first kappa shape index (κ1) is 26.5. The Kier molecular flexibility index (Phi) is 7.33. The quantitative estimate of drug-likeness (QED) is 0.369. The molecular weight excluding hydrogens is 512 g/mol. The standard InChI is InChI=1S/C27H27NO2S.C8H9N/c1-18-7-8-19(17-28-18)9-10-21-15-26-23-6-4-3-5-20(23)11-13-25(26)27-16-22(31(2,29)30)12-14-24(21)27;1-3-8-4-2-7(1)5-6-9-8/h3,5,7-8,11-14,16-17,21H,4,6,9-10,15H2,1-2H3;1,3,5-6,9H,2,4H2. The highest BCUT2D eigenvalue weighted by molar-refractivity contribution is 7.90. The molecule has 40 heavy (non-hydrogen) atoms. The molecule has 204 valence electrons. The number of pyridine rings is 1. The Balaban J connectivity index is 0.000000271. The number of allylic oxidation sites excluding steroid dienone is 6. The molecule has 0 amide bonds. The fourth-order valence-electron chi connectivity index (χ4n) is 6.21. The van der Waals surface area contributed by atoms with Crippen LogP contribution in [-0.2, 0) is 29.1 Å². The van der Waals surface area contributed by atoms with Crippen LogP contribution in [0.2, 0.25) is 0 Å². The first-order valence-electron chi connectivity index (χ1n) is 14.3. The second kappa shape index (κ2) is 11.1. The molecule has 1 unspecified atom stereocenters. The van der Waals surface area contributed by atoms with Crippen LogP contribution < -0.4 is 5.32 Å². The van der Waals surface area contributed by atoms with E-state index in [9.17, 15) is 8.42 Å². The highest BCUT2D eigenvalue weighted by Gasteiger charge is 2.28. The fourth-order valence-corrected chi connectivity index (χ4v) is 6.86. The van der Waals surface area contributed by atoms with E-state index in [4.69, 9.17) is 0 Å². The molecule has 0 fully saturated rings. The number of nitrogens with one attached hydrogen (secondary N) is 1. The lowest BCUT2D eigenvalue weighted by molar-refractivity contribution is 0.600. The van der Waals surface area contributed by atoms with Gasteiger partial charge in [0.15, 0.2) is 9.84 Å². The molecule has 1 aromatic heterocycles. The number of sulfone groups is 1. The van der Waals surface area contributed by atoms with Crippen molar-refractivity contribution in [2.45, 2.75) is 62.7 Å². The topological polar surface area (TPSA) is 59.1 Å². The van der Waals surface area contributed by atoms with E-state index in [2.05, 4.69) is 64.9 Å². The van der Waals surface area contributed by atoms with Crippen molar-refractivity contribution in [3.05, 3.63) is 124 Å². The molecule has 8 rings (SSSR count). The number of aryl methyl sites for hydroxylation is 2. The summed E-state index contributed by atoms with van der Waals surface area (Å²) in [7, 11) is -3.25. The van der Waals surface area contributed by atoms with Gasteiger partial charge in [-0.3, -0.25) is 4.98 Å². The molecule has 2 aliphatic heterocycles. The summed E-state index contributed by atoms with van der Waals surface area (Å²) in [5, 5.41) is 3.20. The lowest BCUT2D eigenvalue weighted by atomic mass is 9.73. The molecule has 2 bridgehead atoms. The smallest absolute Gasteiger partial charge is 0.175 e. The van der Waals surface area contributed by atoms with Crippen LogP contribution in [0, 0.1) is 6.92 Å². The third-order valence-corrected chi connectivity index (χ3v) is 9.57. The number of aromatic nitrogens is 1. The van der Waals surface area contributed by atoms with Gasteiger partial charge >= 0.3 is 0 Å². The zero-order valence-corrected chi connectivity index (χ0v) is 24.1. The predicted molar refractivity (Wildman–Crippen MR) is 164 cm³/mol. The molecule has 5 aliphatic rings. The maximum absolute atomic E-state index is 12.3. The van der Waals surface area contributed by atoms with Crippen LogP contribution in [-0.4, -0.2) is 19.7 Å². The molecule has 5 heteroatoms. The number of nitrogens with zero attached hydrogens (tertiary/aromatic N) is 1. The number of fused-ring (bicyclic) bond motifs is 8. The monoisotopic (exact) mass is 548 g/mol. The third kappa shape index (κ3) is 5.62. The van der Waals surface area contributed by atoms with Crippen molar-refractivity contribution in [3.63, 3.8) is 0 Å². The van der Waals surface area contributed by atoms with Crippen molar-refractivity contribution < 1.29 is 8.42 Å². The van der Waals surface area contributed by atoms with E-state index in [1.165, 1.54) is 63.7 Å². The molecule has 4 nitrogen and oxygen atoms in total. The van der Waals surface area contributed by atoms with Gasteiger partial charge in [0.1, 0.15) is 0 Å². The van der Waals surface area contributed by atoms with Gasteiger partial charge in [-0.25, -0.2) is 8.42 Å². The van der Waals surface area contributed by atoms with Gasteiger partial charge in [-0.15, -0.1) is 0 Å². The van der Waals surface area contributed by atoms with Crippen LogP contribution in [0.15, 0.2) is 95.3 Å². The second-order valence-corrected chi connectivity index (χ2v) is 13.3. The molecule has 3 heterocycles. The minimum atomic E-state index is -3.25. The minimum Gasteiger partial charge on any atom is -0.365 e. The van der Waals surface area contributed by atoms with Gasteiger partial charge in [-0.2, -0.15) is 0 Å². The number of hydrogen-bond acceptors (Lipinski definition) is 4. The van der Waals surface area contributed by atoms with Gasteiger partial charge in [0.05, 0.1) is 4.90 Å². The zero-order valence-electron chi connectivity index (χ0n) is 23.3. The normalized spacial score (nSPS) is 18.2. The van der Waals surface area contributed by atoms with Crippen molar-refractivity contribution in [2.75, 3.05) is 6.26 Å². The molecule has 3 aliphatic carbocycles. The number of hydrogen-bond donors (Lipinski definition) is 1. The highest BCUT2D eigenvalue weighted by atomic mass is 32.2. The first-order chi connectivity index (χ1) is 19.3. The molecule has 0 spiro atoms. The van der Waals surface area contributed by atoms with Crippen LogP contribution in [0.3, 0.4) is 0 Å². The minimum absolute atomic E-state index is 0.370. The molecule has 1 N–H and O–H groups in total. The van der Waals surface area contributed by atoms with Crippen molar-refractivity contribution in [2.24, 2.45) is 0 Å². The van der Waals surface area contributed by atoms with Gasteiger partial charge in [-0.05, 0) is 133 Å². The average molecular weight is 549 g/mol. The van der Waals surface area contributed by atoms with Crippen molar-refractivity contribution in [3.8, 4) is 11.1 Å². The Morgan fingerprint density at radius 3 is 2.62 bits per heavy atom. The SMILES string of the molecule is C1=CC2=CC=C(CC2)N1.Cc1ccc(CCC2Cc3c(ccc4c3CCC=C4)-c3cc(S(C)(=O)=O)ccc32)cn1. The zero-order chi connectivity index (χ0) is 27.7. The Morgan fingerprint density at radius 1 is 0.950 bits per heavy atom. The van der Waals surface area contributed by atoms with E-state index in [-0.39, 0.29) is 0 Å². The Hall–Kier alpha value is -3.70. The van der Waals surface area contributed by atoms with E-state index < -0.39 is 9.84 Å². The molecule has 0 saturated heterocycles. The van der Waals surface area contributed by atoms with E-state index in [0.29, 0.717) is 10.8 Å². The van der Waals surface area contributed by atoms with Gasteiger partial charge in [0, 0.05) is 30.0 Å². The summed E-state index contributed by atoms with van der Waals surface area (Å²) in [6.45, 7) is 2.01. The van der Waals surface area contributed by atoms with Crippen LogP contribution >= 0.6 is 0 Å². The van der Waals surface area contributed by atoms with Crippen molar-refractivity contribution in [1.29, 1.82) is 0 Å². The van der Waals surface area contributed by atoms with Gasteiger partial charge < -0.3 is 5.32 Å². The van der Waals surface area contributed by atoms with E-state index in [1.807, 2.05) is 31.5 Å². The summed E-state index contributed by atoms with van der Waals surface area (Å²) in [6, 6.07) is 14.3. The van der Waals surface area contributed by atoms with Gasteiger partial charge in [-0.1, -0.05) is 42.5 Å². The highest BCUT2D eigenvalue weighted by Crippen LogP contribution is 2.45. The molecule has 2 aromatic carbocycles.